The summed E-state index contributed by atoms with van der Waals surface area (Å²) in [7, 11) is -3.70. The van der Waals surface area contributed by atoms with Gasteiger partial charge in [-0.3, -0.25) is 14.4 Å². The number of rotatable bonds is 12. The fourth-order valence-electron chi connectivity index (χ4n) is 2.34. The van der Waals surface area contributed by atoms with Crippen molar-refractivity contribution in [3.8, 4) is 0 Å². The summed E-state index contributed by atoms with van der Waals surface area (Å²) in [5, 5.41) is 0. The minimum Gasteiger partial charge on any atom is -0.361 e. The first-order chi connectivity index (χ1) is 11.6. The van der Waals surface area contributed by atoms with E-state index in [9.17, 15) is 14.4 Å². The summed E-state index contributed by atoms with van der Waals surface area (Å²) in [5.74, 6) is -1.16. The minimum absolute atomic E-state index is 0.385. The van der Waals surface area contributed by atoms with Gasteiger partial charge in [-0.2, -0.15) is 0 Å². The fourth-order valence-corrected chi connectivity index (χ4v) is 5.55. The highest BCUT2D eigenvalue weighted by molar-refractivity contribution is 6.60. The summed E-state index contributed by atoms with van der Waals surface area (Å²) in [6.45, 7) is 21.2. The lowest BCUT2D eigenvalue weighted by Crippen LogP contribution is -2.60. The second-order valence-corrected chi connectivity index (χ2v) is 9.74. The number of carbonyl (C=O) groups is 3. The Hall–Kier alpha value is -1.67. The van der Waals surface area contributed by atoms with E-state index in [-0.39, 0.29) is 17.3 Å². The first-order valence-electron chi connectivity index (χ1n) is 8.18. The Labute approximate surface area is 157 Å². The lowest BCUT2D eigenvalue weighted by molar-refractivity contribution is -0.147. The monoisotopic (exact) mass is 382 g/mol. The van der Waals surface area contributed by atoms with Gasteiger partial charge in [-0.25, -0.2) is 0 Å². The lowest BCUT2D eigenvalue weighted by atomic mass is 10.0. The van der Waals surface area contributed by atoms with Crippen LogP contribution in [0.15, 0.2) is 38.0 Å². The zero-order valence-corrected chi connectivity index (χ0v) is 17.8. The highest BCUT2D eigenvalue weighted by atomic mass is 28.4. The molecule has 0 N–H and O–H groups in total. The van der Waals surface area contributed by atoms with Crippen molar-refractivity contribution in [2.45, 2.75) is 64.9 Å². The molecule has 0 aliphatic rings. The Morgan fingerprint density at radius 1 is 0.654 bits per heavy atom. The molecule has 0 saturated heterocycles. The number of carbonyl (C=O) groups excluding carboxylic acids is 3. The summed E-state index contributed by atoms with van der Waals surface area (Å²) in [5.41, 5.74) is -3.95. The molecule has 0 unspecified atom stereocenters. The van der Waals surface area contributed by atoms with Crippen molar-refractivity contribution in [2.75, 3.05) is 0 Å². The topological polar surface area (TPSA) is 78.9 Å². The van der Waals surface area contributed by atoms with Crippen molar-refractivity contribution in [1.29, 1.82) is 0 Å². The molecule has 0 heterocycles. The molecular weight excluding hydrogens is 352 g/mol. The van der Waals surface area contributed by atoms with Gasteiger partial charge in [-0.15, -0.1) is 0 Å². The third-order valence-corrected chi connectivity index (χ3v) is 6.30. The van der Waals surface area contributed by atoms with Crippen molar-refractivity contribution in [3.63, 3.8) is 0 Å². The van der Waals surface area contributed by atoms with Crippen LogP contribution >= 0.6 is 0 Å². The van der Waals surface area contributed by atoms with Gasteiger partial charge in [0.15, 0.2) is 17.3 Å². The molecule has 6 nitrogen and oxygen atoms in total. The summed E-state index contributed by atoms with van der Waals surface area (Å²) < 4.78 is 17.8. The van der Waals surface area contributed by atoms with E-state index in [1.54, 1.807) is 41.5 Å². The molecular formula is C19H30O6Si. The van der Waals surface area contributed by atoms with Gasteiger partial charge in [-0.1, -0.05) is 19.7 Å². The van der Waals surface area contributed by atoms with Crippen molar-refractivity contribution in [1.82, 2.24) is 0 Å². The summed E-state index contributed by atoms with van der Waals surface area (Å²) >= 11 is 0. The Morgan fingerprint density at radius 2 is 0.846 bits per heavy atom. The van der Waals surface area contributed by atoms with Crippen LogP contribution in [0, 0.1) is 0 Å². The fraction of sp³-hybridized carbons (Fsp3) is 0.526. The third-order valence-electron chi connectivity index (χ3n) is 3.66. The van der Waals surface area contributed by atoms with Gasteiger partial charge < -0.3 is 13.3 Å². The van der Waals surface area contributed by atoms with Crippen molar-refractivity contribution >= 4 is 26.2 Å². The van der Waals surface area contributed by atoms with E-state index in [0.717, 1.165) is 18.2 Å². The zero-order valence-electron chi connectivity index (χ0n) is 16.8. The SMILES string of the molecule is C=CC(=O)C(C)(C)O[Si](C)(OC(C)(C)C(=O)C=C)OC(C)(C)C(=O)C=C. The van der Waals surface area contributed by atoms with Crippen LogP contribution in [-0.2, 0) is 27.7 Å². The van der Waals surface area contributed by atoms with E-state index < -0.39 is 25.6 Å². The van der Waals surface area contributed by atoms with Gasteiger partial charge in [0, 0.05) is 6.55 Å². The number of ketones is 3. The maximum atomic E-state index is 12.1. The van der Waals surface area contributed by atoms with Crippen LogP contribution in [0.5, 0.6) is 0 Å². The van der Waals surface area contributed by atoms with E-state index in [1.165, 1.54) is 6.55 Å². The second-order valence-electron chi connectivity index (χ2n) is 7.40. The van der Waals surface area contributed by atoms with E-state index in [1.807, 2.05) is 0 Å². The van der Waals surface area contributed by atoms with Crippen molar-refractivity contribution in [3.05, 3.63) is 38.0 Å². The first-order valence-corrected chi connectivity index (χ1v) is 10.4. The van der Waals surface area contributed by atoms with Crippen LogP contribution in [0.3, 0.4) is 0 Å². The Morgan fingerprint density at radius 3 is 1.00 bits per heavy atom. The first kappa shape index (κ1) is 24.3. The summed E-state index contributed by atoms with van der Waals surface area (Å²) in [4.78, 5) is 36.4. The third kappa shape index (κ3) is 6.24. The van der Waals surface area contributed by atoms with Gasteiger partial charge in [0.2, 0.25) is 0 Å². The molecule has 0 fully saturated rings. The highest BCUT2D eigenvalue weighted by Crippen LogP contribution is 2.30. The van der Waals surface area contributed by atoms with Gasteiger partial charge in [-0.05, 0) is 59.8 Å². The Kier molecular flexibility index (Phi) is 7.81. The van der Waals surface area contributed by atoms with Crippen molar-refractivity contribution < 1.29 is 27.7 Å². The van der Waals surface area contributed by atoms with Crippen LogP contribution in [-0.4, -0.2) is 43.0 Å². The van der Waals surface area contributed by atoms with Crippen molar-refractivity contribution in [2.24, 2.45) is 0 Å². The zero-order chi connectivity index (χ0) is 21.0. The molecule has 0 aliphatic carbocycles. The molecule has 26 heavy (non-hydrogen) atoms. The normalized spacial score (nSPS) is 13.0. The number of hydrogen-bond acceptors (Lipinski definition) is 6. The second kappa shape index (κ2) is 8.35. The predicted molar refractivity (Wildman–Crippen MR) is 103 cm³/mol. The van der Waals surface area contributed by atoms with Gasteiger partial charge in [0.1, 0.15) is 16.8 Å². The Bertz CT molecular complexity index is 532. The molecule has 0 bridgehead atoms. The molecule has 146 valence electrons. The maximum absolute atomic E-state index is 12.1. The van der Waals surface area contributed by atoms with Crippen LogP contribution < -0.4 is 0 Å². The molecule has 7 heteroatoms. The van der Waals surface area contributed by atoms with E-state index in [4.69, 9.17) is 13.3 Å². The summed E-state index contributed by atoms with van der Waals surface area (Å²) in [6, 6.07) is 0. The molecule has 0 aromatic carbocycles. The van der Waals surface area contributed by atoms with Crippen LogP contribution in [0.1, 0.15) is 41.5 Å². The average Bonchev–Trinajstić information content (AvgIpc) is 2.49. The molecule has 0 saturated carbocycles. The molecule has 0 amide bonds. The van der Waals surface area contributed by atoms with Gasteiger partial charge >= 0.3 is 8.80 Å². The minimum atomic E-state index is -3.70. The molecule has 0 spiro atoms. The molecule has 0 aliphatic heterocycles. The molecule has 0 radical (unpaired) electrons. The molecule has 0 aromatic heterocycles. The van der Waals surface area contributed by atoms with Crippen LogP contribution in [0.4, 0.5) is 0 Å². The smallest absolute Gasteiger partial charge is 0.361 e. The Balaban J connectivity index is 6.01. The lowest BCUT2D eigenvalue weighted by Gasteiger charge is -2.41. The quantitative estimate of drug-likeness (QED) is 0.381. The standard InChI is InChI=1S/C19H30O6Si/c1-11-14(20)17(4,5)23-26(10,24-18(6,7)15(21)12-2)25-19(8,9)16(22)13-3/h11-13H,1-3H2,4-10H3. The average molecular weight is 383 g/mol. The summed E-state index contributed by atoms with van der Waals surface area (Å²) in [6.07, 6.45) is 3.40. The van der Waals surface area contributed by atoms with Crippen LogP contribution in [0.25, 0.3) is 0 Å². The molecule has 0 rings (SSSR count). The van der Waals surface area contributed by atoms with E-state index in [0.29, 0.717) is 0 Å². The maximum Gasteiger partial charge on any atom is 0.500 e. The van der Waals surface area contributed by atoms with Gasteiger partial charge in [0.05, 0.1) is 0 Å². The predicted octanol–water partition coefficient (Wildman–Crippen LogP) is 3.21. The van der Waals surface area contributed by atoms with Crippen LogP contribution in [0.2, 0.25) is 6.55 Å². The number of hydrogen-bond donors (Lipinski definition) is 0. The molecule has 0 atom stereocenters. The van der Waals surface area contributed by atoms with Gasteiger partial charge in [0.25, 0.3) is 0 Å². The molecule has 0 aromatic rings. The van der Waals surface area contributed by atoms with E-state index in [2.05, 4.69) is 19.7 Å². The largest absolute Gasteiger partial charge is 0.500 e. The highest BCUT2D eigenvalue weighted by Gasteiger charge is 2.52. The van der Waals surface area contributed by atoms with E-state index >= 15 is 0 Å².